The average Bonchev–Trinajstić information content (AvgIpc) is 3.33. The third kappa shape index (κ3) is 2.21. The van der Waals surface area contributed by atoms with Crippen molar-refractivity contribution >= 4 is 23.1 Å². The van der Waals surface area contributed by atoms with Crippen molar-refractivity contribution in [2.45, 2.75) is 13.8 Å². The van der Waals surface area contributed by atoms with Crippen LogP contribution in [0.5, 0.6) is 0 Å². The normalized spacial score (nSPS) is 28.2. The third-order valence-electron chi connectivity index (χ3n) is 6.35. The van der Waals surface area contributed by atoms with E-state index in [4.69, 9.17) is 0 Å². The molecule has 1 heterocycles. The van der Waals surface area contributed by atoms with E-state index >= 15 is 0 Å². The molecule has 0 radical (unpaired) electrons. The Labute approximate surface area is 159 Å². The van der Waals surface area contributed by atoms with Crippen molar-refractivity contribution in [2.24, 2.45) is 23.7 Å². The summed E-state index contributed by atoms with van der Waals surface area (Å²) >= 11 is 0. The first-order valence-corrected chi connectivity index (χ1v) is 9.47. The van der Waals surface area contributed by atoms with Gasteiger partial charge in [0.2, 0.25) is 11.8 Å². The summed E-state index contributed by atoms with van der Waals surface area (Å²) in [4.78, 5) is 27.9. The Balaban J connectivity index is 1.55. The van der Waals surface area contributed by atoms with Crippen molar-refractivity contribution < 1.29 is 9.59 Å². The molecule has 1 saturated carbocycles. The number of hydrogen-bond donors (Lipinski definition) is 0. The fraction of sp³-hybridized carbons (Fsp3) is 0.250. The molecular formula is C24H21NO2. The zero-order valence-electron chi connectivity index (χ0n) is 15.4. The van der Waals surface area contributed by atoms with Crippen LogP contribution < -0.4 is 4.90 Å². The monoisotopic (exact) mass is 355 g/mol. The smallest absolute Gasteiger partial charge is 0.238 e. The highest BCUT2D eigenvalue weighted by Crippen LogP contribution is 2.58. The molecule has 4 atom stereocenters. The lowest BCUT2D eigenvalue weighted by molar-refractivity contribution is -0.122. The molecule has 2 fully saturated rings. The molecule has 2 bridgehead atoms. The summed E-state index contributed by atoms with van der Waals surface area (Å²) in [6, 6.07) is 17.9. The number of fused-ring (bicyclic) bond motifs is 5. The number of carbonyl (C=O) groups is 2. The molecule has 0 unspecified atom stereocenters. The van der Waals surface area contributed by atoms with Gasteiger partial charge in [-0.1, -0.05) is 65.8 Å². The van der Waals surface area contributed by atoms with Gasteiger partial charge in [-0.25, -0.2) is 4.90 Å². The molecule has 5 rings (SSSR count). The molecular weight excluding hydrogens is 334 g/mol. The molecule has 134 valence electrons. The maximum Gasteiger partial charge on any atom is 0.238 e. The second-order valence-electron chi connectivity index (χ2n) is 7.78. The van der Waals surface area contributed by atoms with Crippen molar-refractivity contribution in [2.75, 3.05) is 4.90 Å². The lowest BCUT2D eigenvalue weighted by Gasteiger charge is -2.20. The van der Waals surface area contributed by atoms with Crippen LogP contribution in [0, 0.1) is 30.6 Å². The number of carbonyl (C=O) groups excluding carboxylic acids is 2. The lowest BCUT2D eigenvalue weighted by Crippen LogP contribution is -2.33. The molecule has 2 aliphatic carbocycles. The van der Waals surface area contributed by atoms with Gasteiger partial charge in [-0.05, 0) is 37.1 Å². The average molecular weight is 355 g/mol. The number of imide groups is 1. The molecule has 0 N–H and O–H groups in total. The van der Waals surface area contributed by atoms with Crippen LogP contribution in [0.2, 0.25) is 0 Å². The van der Waals surface area contributed by atoms with Gasteiger partial charge in [0.05, 0.1) is 17.5 Å². The highest BCUT2D eigenvalue weighted by molar-refractivity contribution is 6.23. The van der Waals surface area contributed by atoms with Crippen LogP contribution in [0.1, 0.15) is 18.1 Å². The highest BCUT2D eigenvalue weighted by atomic mass is 16.2. The molecule has 1 saturated heterocycles. The Kier molecular flexibility index (Phi) is 3.48. The molecule has 2 aromatic carbocycles. The minimum absolute atomic E-state index is 0.0344. The van der Waals surface area contributed by atoms with E-state index in [9.17, 15) is 9.59 Å². The predicted molar refractivity (Wildman–Crippen MR) is 106 cm³/mol. The van der Waals surface area contributed by atoms with E-state index in [2.05, 4.69) is 31.2 Å². The van der Waals surface area contributed by atoms with Gasteiger partial charge in [0.1, 0.15) is 0 Å². The summed E-state index contributed by atoms with van der Waals surface area (Å²) in [5.41, 5.74) is 5.42. The van der Waals surface area contributed by atoms with E-state index in [1.807, 2.05) is 49.4 Å². The number of nitrogens with zero attached hydrogens (tertiary/aromatic N) is 1. The van der Waals surface area contributed by atoms with Gasteiger partial charge < -0.3 is 0 Å². The van der Waals surface area contributed by atoms with E-state index < -0.39 is 0 Å². The second-order valence-corrected chi connectivity index (χ2v) is 7.78. The third-order valence-corrected chi connectivity index (χ3v) is 6.35. The molecule has 27 heavy (non-hydrogen) atoms. The Hall–Kier alpha value is -2.94. The van der Waals surface area contributed by atoms with Gasteiger partial charge in [-0.3, -0.25) is 9.59 Å². The molecule has 3 aliphatic rings. The van der Waals surface area contributed by atoms with Crippen LogP contribution in [0.15, 0.2) is 72.3 Å². The van der Waals surface area contributed by atoms with Crippen LogP contribution in [0.4, 0.5) is 5.69 Å². The zero-order chi connectivity index (χ0) is 18.7. The maximum atomic E-state index is 13.2. The van der Waals surface area contributed by atoms with E-state index in [0.717, 1.165) is 5.56 Å². The molecule has 3 heteroatoms. The fourth-order valence-electron chi connectivity index (χ4n) is 5.07. The SMILES string of the molecule is CC(=C1[C@H]2C=C[C@H]1[C@@H]1C(=O)N(c3ccc(C)cc3)C(=O)[C@H]12)c1ccccc1. The van der Waals surface area contributed by atoms with Crippen LogP contribution in [0.25, 0.3) is 5.57 Å². The summed E-state index contributed by atoms with van der Waals surface area (Å²) in [7, 11) is 0. The number of amides is 2. The first kappa shape index (κ1) is 16.2. The lowest BCUT2D eigenvalue weighted by atomic mass is 9.85. The second kappa shape index (κ2) is 5.78. The summed E-state index contributed by atoms with van der Waals surface area (Å²) in [6.45, 7) is 4.12. The highest BCUT2D eigenvalue weighted by Gasteiger charge is 2.62. The van der Waals surface area contributed by atoms with Crippen molar-refractivity contribution in [3.63, 3.8) is 0 Å². The number of allylic oxidation sites excluding steroid dienone is 4. The minimum Gasteiger partial charge on any atom is -0.274 e. The largest absolute Gasteiger partial charge is 0.274 e. The van der Waals surface area contributed by atoms with E-state index in [-0.39, 0.29) is 35.5 Å². The van der Waals surface area contributed by atoms with Gasteiger partial charge in [0, 0.05) is 11.8 Å². The van der Waals surface area contributed by atoms with Crippen molar-refractivity contribution in [1.29, 1.82) is 0 Å². The number of aryl methyl sites for hydroxylation is 1. The molecule has 0 aromatic heterocycles. The first-order chi connectivity index (χ1) is 13.1. The van der Waals surface area contributed by atoms with Crippen LogP contribution in [0.3, 0.4) is 0 Å². The quantitative estimate of drug-likeness (QED) is 0.592. The summed E-state index contributed by atoms with van der Waals surface area (Å²) in [5, 5.41) is 0. The van der Waals surface area contributed by atoms with Crippen molar-refractivity contribution in [1.82, 2.24) is 0 Å². The summed E-state index contributed by atoms with van der Waals surface area (Å²) in [5.74, 6) is -0.558. The summed E-state index contributed by atoms with van der Waals surface area (Å²) in [6.07, 6.45) is 4.27. The van der Waals surface area contributed by atoms with Gasteiger partial charge in [0.25, 0.3) is 0 Å². The van der Waals surface area contributed by atoms with Crippen LogP contribution in [-0.4, -0.2) is 11.8 Å². The molecule has 0 spiro atoms. The Bertz CT molecular complexity index is 966. The number of rotatable bonds is 2. The van der Waals surface area contributed by atoms with Gasteiger partial charge in [-0.15, -0.1) is 0 Å². The number of hydrogen-bond acceptors (Lipinski definition) is 2. The topological polar surface area (TPSA) is 37.4 Å². The van der Waals surface area contributed by atoms with E-state index in [0.29, 0.717) is 5.69 Å². The van der Waals surface area contributed by atoms with Crippen LogP contribution >= 0.6 is 0 Å². The molecule has 2 amide bonds. The Morgan fingerprint density at radius 2 is 1.37 bits per heavy atom. The van der Waals surface area contributed by atoms with E-state index in [1.165, 1.54) is 21.6 Å². The van der Waals surface area contributed by atoms with E-state index in [1.54, 1.807) is 0 Å². The standard InChI is InChI=1S/C24H21NO2/c1-14-8-10-17(11-9-14)25-23(26)21-18-12-13-19(22(21)24(25)27)20(18)15(2)16-6-4-3-5-7-16/h3-13,18-19,21-22H,1-2H3/t18-,19-,21+,22+/m1/s1. The summed E-state index contributed by atoms with van der Waals surface area (Å²) < 4.78 is 0. The number of benzene rings is 2. The first-order valence-electron chi connectivity index (χ1n) is 9.47. The molecule has 1 aliphatic heterocycles. The zero-order valence-corrected chi connectivity index (χ0v) is 15.4. The van der Waals surface area contributed by atoms with Crippen LogP contribution in [-0.2, 0) is 9.59 Å². The van der Waals surface area contributed by atoms with Gasteiger partial charge in [0.15, 0.2) is 0 Å². The van der Waals surface area contributed by atoms with Gasteiger partial charge >= 0.3 is 0 Å². The number of anilines is 1. The molecule has 3 nitrogen and oxygen atoms in total. The Morgan fingerprint density at radius 1 is 0.815 bits per heavy atom. The maximum absolute atomic E-state index is 13.2. The molecule has 2 aromatic rings. The minimum atomic E-state index is -0.262. The predicted octanol–water partition coefficient (Wildman–Crippen LogP) is 4.39. The van der Waals surface area contributed by atoms with Crippen molar-refractivity contribution in [3.05, 3.63) is 83.4 Å². The Morgan fingerprint density at radius 3 is 1.93 bits per heavy atom. The van der Waals surface area contributed by atoms with Gasteiger partial charge in [-0.2, -0.15) is 0 Å². The fourth-order valence-corrected chi connectivity index (χ4v) is 5.07. The van der Waals surface area contributed by atoms with Crippen molar-refractivity contribution in [3.8, 4) is 0 Å².